The van der Waals surface area contributed by atoms with Crippen LogP contribution in [0, 0.1) is 12.7 Å². The summed E-state index contributed by atoms with van der Waals surface area (Å²) in [4.78, 5) is 0. The van der Waals surface area contributed by atoms with Crippen LogP contribution >= 0.6 is 11.6 Å². The molecule has 1 nitrogen and oxygen atoms in total. The van der Waals surface area contributed by atoms with Gasteiger partial charge in [-0.15, -0.1) is 0 Å². The van der Waals surface area contributed by atoms with Gasteiger partial charge in [-0.1, -0.05) is 35.9 Å². The van der Waals surface area contributed by atoms with Gasteiger partial charge in [0.1, 0.15) is 11.9 Å². The summed E-state index contributed by atoms with van der Waals surface area (Å²) in [5, 5.41) is 10.7. The van der Waals surface area contributed by atoms with Gasteiger partial charge in [0.2, 0.25) is 0 Å². The second kappa shape index (κ2) is 4.86. The molecule has 0 fully saturated rings. The van der Waals surface area contributed by atoms with E-state index in [9.17, 15) is 9.50 Å². The minimum absolute atomic E-state index is 0.276. The normalized spacial score (nSPS) is 12.5. The highest BCUT2D eigenvalue weighted by Gasteiger charge is 2.14. The fraction of sp³-hybridized carbons (Fsp3) is 0.143. The van der Waals surface area contributed by atoms with Gasteiger partial charge in [0.05, 0.1) is 0 Å². The zero-order chi connectivity index (χ0) is 12.4. The number of hydrogen-bond donors (Lipinski definition) is 1. The monoisotopic (exact) mass is 250 g/mol. The van der Waals surface area contributed by atoms with Crippen LogP contribution in [0.5, 0.6) is 0 Å². The molecule has 0 spiro atoms. The van der Waals surface area contributed by atoms with Crippen LogP contribution in [-0.4, -0.2) is 5.11 Å². The molecule has 88 valence electrons. The Bertz CT molecular complexity index is 522. The fourth-order valence-corrected chi connectivity index (χ4v) is 1.80. The van der Waals surface area contributed by atoms with Crippen LogP contribution < -0.4 is 0 Å². The molecular formula is C14H12ClFO. The van der Waals surface area contributed by atoms with E-state index in [0.717, 1.165) is 5.56 Å². The minimum Gasteiger partial charge on any atom is -0.384 e. The Morgan fingerprint density at radius 3 is 2.35 bits per heavy atom. The van der Waals surface area contributed by atoms with E-state index < -0.39 is 11.9 Å². The molecule has 0 saturated heterocycles. The highest BCUT2D eigenvalue weighted by Crippen LogP contribution is 2.25. The summed E-state index contributed by atoms with van der Waals surface area (Å²) in [6.07, 6.45) is -0.965. The maximum atomic E-state index is 13.7. The molecule has 0 aromatic heterocycles. The van der Waals surface area contributed by atoms with Gasteiger partial charge >= 0.3 is 0 Å². The highest BCUT2D eigenvalue weighted by atomic mass is 35.5. The van der Waals surface area contributed by atoms with Crippen LogP contribution in [0.15, 0.2) is 42.5 Å². The van der Waals surface area contributed by atoms with Gasteiger partial charge < -0.3 is 5.11 Å². The molecule has 0 radical (unpaired) electrons. The van der Waals surface area contributed by atoms with Crippen molar-refractivity contribution in [3.05, 3.63) is 70.0 Å². The number of aryl methyl sites for hydroxylation is 1. The molecule has 0 heterocycles. The summed E-state index contributed by atoms with van der Waals surface area (Å²) >= 11 is 5.76. The van der Waals surface area contributed by atoms with Crippen LogP contribution in [0.1, 0.15) is 22.8 Å². The molecular weight excluding hydrogens is 239 g/mol. The van der Waals surface area contributed by atoms with Gasteiger partial charge in [0.15, 0.2) is 0 Å². The summed E-state index contributed by atoms with van der Waals surface area (Å²) in [7, 11) is 0. The van der Waals surface area contributed by atoms with Crippen molar-refractivity contribution >= 4 is 11.6 Å². The molecule has 2 aromatic rings. The van der Waals surface area contributed by atoms with Crippen molar-refractivity contribution in [2.45, 2.75) is 13.0 Å². The second-order valence-electron chi connectivity index (χ2n) is 3.98. The van der Waals surface area contributed by atoms with Gasteiger partial charge in [-0.25, -0.2) is 4.39 Å². The van der Waals surface area contributed by atoms with E-state index in [4.69, 9.17) is 11.6 Å². The first-order valence-electron chi connectivity index (χ1n) is 5.27. The smallest absolute Gasteiger partial charge is 0.129 e. The molecule has 17 heavy (non-hydrogen) atoms. The van der Waals surface area contributed by atoms with Crippen molar-refractivity contribution in [1.29, 1.82) is 0 Å². The maximum Gasteiger partial charge on any atom is 0.129 e. The van der Waals surface area contributed by atoms with E-state index in [0.29, 0.717) is 10.6 Å². The predicted molar refractivity (Wildman–Crippen MR) is 66.7 cm³/mol. The summed E-state index contributed by atoms with van der Waals surface area (Å²) in [6.45, 7) is 1.81. The number of aliphatic hydroxyl groups excluding tert-OH is 1. The lowest BCUT2D eigenvalue weighted by molar-refractivity contribution is 0.215. The quantitative estimate of drug-likeness (QED) is 0.858. The molecule has 1 atom stereocenters. The SMILES string of the molecule is Cc1ccc(C(O)c2ccc(Cl)cc2)c(F)c1. The van der Waals surface area contributed by atoms with Crippen molar-refractivity contribution in [3.63, 3.8) is 0 Å². The Balaban J connectivity index is 2.36. The molecule has 0 aliphatic carbocycles. The molecule has 0 bridgehead atoms. The zero-order valence-electron chi connectivity index (χ0n) is 9.32. The molecule has 2 rings (SSSR count). The summed E-state index contributed by atoms with van der Waals surface area (Å²) in [5.41, 5.74) is 1.73. The van der Waals surface area contributed by atoms with Crippen molar-refractivity contribution in [2.75, 3.05) is 0 Å². The first-order valence-corrected chi connectivity index (χ1v) is 5.65. The van der Waals surface area contributed by atoms with E-state index in [1.54, 1.807) is 36.4 Å². The number of rotatable bonds is 2. The van der Waals surface area contributed by atoms with Crippen LogP contribution in [0.4, 0.5) is 4.39 Å². The van der Waals surface area contributed by atoms with Crippen molar-refractivity contribution in [1.82, 2.24) is 0 Å². The topological polar surface area (TPSA) is 20.2 Å². The molecule has 0 saturated carbocycles. The molecule has 3 heteroatoms. The Labute approximate surface area is 104 Å². The Kier molecular flexibility index (Phi) is 3.46. The van der Waals surface area contributed by atoms with Crippen LogP contribution in [0.25, 0.3) is 0 Å². The molecule has 0 amide bonds. The summed E-state index contributed by atoms with van der Waals surface area (Å²) < 4.78 is 13.7. The van der Waals surface area contributed by atoms with E-state index in [-0.39, 0.29) is 5.56 Å². The Morgan fingerprint density at radius 1 is 1.12 bits per heavy atom. The first-order chi connectivity index (χ1) is 8.08. The fourth-order valence-electron chi connectivity index (χ4n) is 1.68. The van der Waals surface area contributed by atoms with Gasteiger partial charge in [-0.05, 0) is 36.2 Å². The Morgan fingerprint density at radius 2 is 1.76 bits per heavy atom. The average Bonchev–Trinajstić information content (AvgIpc) is 2.29. The van der Waals surface area contributed by atoms with Gasteiger partial charge in [-0.2, -0.15) is 0 Å². The second-order valence-corrected chi connectivity index (χ2v) is 4.42. The van der Waals surface area contributed by atoms with Crippen molar-refractivity contribution in [2.24, 2.45) is 0 Å². The van der Waals surface area contributed by atoms with Gasteiger partial charge in [0.25, 0.3) is 0 Å². The number of aliphatic hydroxyl groups is 1. The van der Waals surface area contributed by atoms with E-state index in [1.807, 2.05) is 6.92 Å². The average molecular weight is 251 g/mol. The highest BCUT2D eigenvalue weighted by molar-refractivity contribution is 6.30. The third kappa shape index (κ3) is 2.65. The van der Waals surface area contributed by atoms with Crippen molar-refractivity contribution < 1.29 is 9.50 Å². The zero-order valence-corrected chi connectivity index (χ0v) is 10.1. The number of halogens is 2. The standard InChI is InChI=1S/C14H12ClFO/c1-9-2-7-12(13(16)8-9)14(17)10-3-5-11(15)6-4-10/h2-8,14,17H,1H3. The minimum atomic E-state index is -0.965. The van der Waals surface area contributed by atoms with Crippen molar-refractivity contribution in [3.8, 4) is 0 Å². The van der Waals surface area contributed by atoms with Gasteiger partial charge in [-0.3, -0.25) is 0 Å². The van der Waals surface area contributed by atoms with E-state index in [2.05, 4.69) is 0 Å². The Hall–Kier alpha value is -1.38. The molecule has 0 aliphatic rings. The molecule has 0 aliphatic heterocycles. The number of benzene rings is 2. The lowest BCUT2D eigenvalue weighted by atomic mass is 10.00. The number of hydrogen-bond acceptors (Lipinski definition) is 1. The third-order valence-corrected chi connectivity index (χ3v) is 2.89. The third-order valence-electron chi connectivity index (χ3n) is 2.64. The molecule has 1 N–H and O–H groups in total. The lowest BCUT2D eigenvalue weighted by Gasteiger charge is -2.12. The summed E-state index contributed by atoms with van der Waals surface area (Å²) in [6, 6.07) is 11.5. The van der Waals surface area contributed by atoms with E-state index >= 15 is 0 Å². The molecule has 2 aromatic carbocycles. The van der Waals surface area contributed by atoms with Crippen LogP contribution in [0.2, 0.25) is 5.02 Å². The lowest BCUT2D eigenvalue weighted by Crippen LogP contribution is -2.02. The first kappa shape index (κ1) is 12.1. The predicted octanol–water partition coefficient (Wildman–Crippen LogP) is 3.87. The van der Waals surface area contributed by atoms with E-state index in [1.165, 1.54) is 6.07 Å². The van der Waals surface area contributed by atoms with Crippen LogP contribution in [-0.2, 0) is 0 Å². The maximum absolute atomic E-state index is 13.7. The summed E-state index contributed by atoms with van der Waals surface area (Å²) in [5.74, 6) is -0.396. The largest absolute Gasteiger partial charge is 0.384 e. The molecule has 1 unspecified atom stereocenters. The van der Waals surface area contributed by atoms with Gasteiger partial charge in [0, 0.05) is 10.6 Å². The van der Waals surface area contributed by atoms with Crippen LogP contribution in [0.3, 0.4) is 0 Å².